The Balaban J connectivity index is 1.37. The standard InChI is InChI=1S/C20H18F2N2O3/c21-20(22)8-17(20)19(26)23-9-12-2-1-3-16(6-12)24-18(25)13-4-5-14-10-27-11-15(14)7-13/h1-7,17H,8-11H2,(H,23,26)(H,24,25)/t17-/m0/s1. The third-order valence-corrected chi connectivity index (χ3v) is 4.78. The Morgan fingerprint density at radius 2 is 1.89 bits per heavy atom. The maximum atomic E-state index is 12.9. The van der Waals surface area contributed by atoms with Crippen molar-refractivity contribution >= 4 is 17.5 Å². The van der Waals surface area contributed by atoms with Crippen molar-refractivity contribution < 1.29 is 23.1 Å². The lowest BCUT2D eigenvalue weighted by molar-refractivity contribution is -0.124. The summed E-state index contributed by atoms with van der Waals surface area (Å²) in [6.45, 7) is 1.20. The Labute approximate surface area is 154 Å². The molecule has 1 fully saturated rings. The lowest BCUT2D eigenvalue weighted by Crippen LogP contribution is -2.26. The average molecular weight is 372 g/mol. The van der Waals surface area contributed by atoms with Gasteiger partial charge in [0.05, 0.1) is 13.2 Å². The molecule has 0 radical (unpaired) electrons. The Kier molecular flexibility index (Phi) is 4.39. The molecule has 2 aliphatic rings. The summed E-state index contributed by atoms with van der Waals surface area (Å²) in [6, 6.07) is 12.4. The van der Waals surface area contributed by atoms with E-state index in [0.717, 1.165) is 11.1 Å². The van der Waals surface area contributed by atoms with Gasteiger partial charge >= 0.3 is 0 Å². The zero-order valence-corrected chi connectivity index (χ0v) is 14.4. The van der Waals surface area contributed by atoms with E-state index in [2.05, 4.69) is 10.6 Å². The SMILES string of the molecule is O=C(Nc1cccc(CNC(=O)[C@@H]2CC2(F)F)c1)c1ccc2c(c1)COC2. The summed E-state index contributed by atoms with van der Waals surface area (Å²) in [4.78, 5) is 24.1. The minimum atomic E-state index is -2.87. The van der Waals surface area contributed by atoms with E-state index < -0.39 is 17.7 Å². The number of anilines is 1. The molecule has 0 saturated heterocycles. The Morgan fingerprint density at radius 1 is 1.11 bits per heavy atom. The summed E-state index contributed by atoms with van der Waals surface area (Å²) < 4.78 is 31.2. The molecule has 1 saturated carbocycles. The van der Waals surface area contributed by atoms with Gasteiger partial charge in [-0.15, -0.1) is 0 Å². The molecule has 0 aromatic heterocycles. The van der Waals surface area contributed by atoms with Gasteiger partial charge in [0.2, 0.25) is 5.91 Å². The van der Waals surface area contributed by atoms with E-state index in [-0.39, 0.29) is 18.9 Å². The Morgan fingerprint density at radius 3 is 2.67 bits per heavy atom. The van der Waals surface area contributed by atoms with Crippen LogP contribution in [0.1, 0.15) is 33.5 Å². The molecule has 0 unspecified atom stereocenters. The highest BCUT2D eigenvalue weighted by molar-refractivity contribution is 6.04. The van der Waals surface area contributed by atoms with Crippen molar-refractivity contribution in [2.75, 3.05) is 5.32 Å². The molecule has 2 amide bonds. The van der Waals surface area contributed by atoms with E-state index in [4.69, 9.17) is 4.74 Å². The van der Waals surface area contributed by atoms with Gasteiger partial charge in [0, 0.05) is 24.2 Å². The summed E-state index contributed by atoms with van der Waals surface area (Å²) in [6.07, 6.45) is -0.388. The highest BCUT2D eigenvalue weighted by Gasteiger charge is 2.61. The largest absolute Gasteiger partial charge is 0.372 e. The number of hydrogen-bond acceptors (Lipinski definition) is 3. The number of ether oxygens (including phenoxy) is 1. The minimum absolute atomic E-state index is 0.130. The van der Waals surface area contributed by atoms with Gasteiger partial charge in [0.15, 0.2) is 0 Å². The molecule has 7 heteroatoms. The number of carbonyl (C=O) groups is 2. The number of amides is 2. The van der Waals surface area contributed by atoms with Crippen LogP contribution in [0.5, 0.6) is 0 Å². The van der Waals surface area contributed by atoms with Crippen LogP contribution in [0.2, 0.25) is 0 Å². The van der Waals surface area contributed by atoms with Crippen molar-refractivity contribution in [3.05, 3.63) is 64.7 Å². The molecule has 2 aromatic rings. The van der Waals surface area contributed by atoms with E-state index in [0.29, 0.717) is 30.0 Å². The highest BCUT2D eigenvalue weighted by atomic mass is 19.3. The third kappa shape index (κ3) is 3.83. The molecule has 4 rings (SSSR count). The highest BCUT2D eigenvalue weighted by Crippen LogP contribution is 2.48. The van der Waals surface area contributed by atoms with Gasteiger partial charge in [0.25, 0.3) is 11.8 Å². The number of halogens is 2. The average Bonchev–Trinajstić information content (AvgIpc) is 3.06. The van der Waals surface area contributed by atoms with E-state index in [1.165, 1.54) is 0 Å². The molecule has 1 heterocycles. The third-order valence-electron chi connectivity index (χ3n) is 4.78. The monoisotopic (exact) mass is 372 g/mol. The van der Waals surface area contributed by atoms with Crippen LogP contribution in [0.4, 0.5) is 14.5 Å². The second-order valence-corrected chi connectivity index (χ2v) is 6.87. The molecule has 0 bridgehead atoms. The molecule has 0 spiro atoms. The molecule has 2 N–H and O–H groups in total. The topological polar surface area (TPSA) is 67.4 Å². The Hall–Kier alpha value is -2.80. The predicted molar refractivity (Wildman–Crippen MR) is 94.2 cm³/mol. The zero-order valence-electron chi connectivity index (χ0n) is 14.4. The summed E-state index contributed by atoms with van der Waals surface area (Å²) in [7, 11) is 0. The molecule has 1 aliphatic carbocycles. The maximum absolute atomic E-state index is 12.9. The Bertz CT molecular complexity index is 914. The molecule has 1 aliphatic heterocycles. The first-order chi connectivity index (χ1) is 12.9. The van der Waals surface area contributed by atoms with Gasteiger partial charge in [-0.2, -0.15) is 0 Å². The van der Waals surface area contributed by atoms with Crippen LogP contribution in [0, 0.1) is 5.92 Å². The van der Waals surface area contributed by atoms with Gasteiger partial charge in [-0.05, 0) is 41.0 Å². The van der Waals surface area contributed by atoms with Gasteiger partial charge in [-0.25, -0.2) is 8.78 Å². The fourth-order valence-electron chi connectivity index (χ4n) is 3.09. The first-order valence-electron chi connectivity index (χ1n) is 8.68. The lowest BCUT2D eigenvalue weighted by atomic mass is 10.1. The zero-order chi connectivity index (χ0) is 19.0. The van der Waals surface area contributed by atoms with Crippen LogP contribution >= 0.6 is 0 Å². The van der Waals surface area contributed by atoms with Gasteiger partial charge < -0.3 is 15.4 Å². The molecule has 5 nitrogen and oxygen atoms in total. The van der Waals surface area contributed by atoms with E-state index in [1.807, 2.05) is 12.1 Å². The summed E-state index contributed by atoms with van der Waals surface area (Å²) >= 11 is 0. The molecule has 140 valence electrons. The molecule has 2 aromatic carbocycles. The van der Waals surface area contributed by atoms with Crippen molar-refractivity contribution in [2.24, 2.45) is 5.92 Å². The second kappa shape index (κ2) is 6.74. The number of fused-ring (bicyclic) bond motifs is 1. The smallest absolute Gasteiger partial charge is 0.260 e. The fraction of sp³-hybridized carbons (Fsp3) is 0.300. The van der Waals surface area contributed by atoms with Crippen molar-refractivity contribution in [1.82, 2.24) is 5.32 Å². The quantitative estimate of drug-likeness (QED) is 0.847. The van der Waals surface area contributed by atoms with Crippen LogP contribution in [0.15, 0.2) is 42.5 Å². The van der Waals surface area contributed by atoms with Gasteiger partial charge in [-0.1, -0.05) is 18.2 Å². The number of benzene rings is 2. The summed E-state index contributed by atoms with van der Waals surface area (Å²) in [5.41, 5.74) is 3.92. The molecule has 1 atom stereocenters. The summed E-state index contributed by atoms with van der Waals surface area (Å²) in [5.74, 6) is -4.98. The molecule has 27 heavy (non-hydrogen) atoms. The first-order valence-corrected chi connectivity index (χ1v) is 8.68. The number of hydrogen-bond donors (Lipinski definition) is 2. The number of nitrogens with one attached hydrogen (secondary N) is 2. The predicted octanol–water partition coefficient (Wildman–Crippen LogP) is 3.24. The number of rotatable bonds is 5. The van der Waals surface area contributed by atoms with E-state index >= 15 is 0 Å². The first kappa shape index (κ1) is 17.6. The van der Waals surface area contributed by atoms with E-state index in [1.54, 1.807) is 30.3 Å². The maximum Gasteiger partial charge on any atom is 0.260 e. The lowest BCUT2D eigenvalue weighted by Gasteiger charge is -2.09. The fourth-order valence-corrected chi connectivity index (χ4v) is 3.09. The van der Waals surface area contributed by atoms with Crippen LogP contribution < -0.4 is 10.6 Å². The van der Waals surface area contributed by atoms with Crippen LogP contribution in [-0.4, -0.2) is 17.7 Å². The molecular formula is C20H18F2N2O3. The van der Waals surface area contributed by atoms with E-state index in [9.17, 15) is 18.4 Å². The van der Waals surface area contributed by atoms with Crippen molar-refractivity contribution in [1.29, 1.82) is 0 Å². The number of alkyl halides is 2. The van der Waals surface area contributed by atoms with Crippen LogP contribution in [0.3, 0.4) is 0 Å². The summed E-state index contributed by atoms with van der Waals surface area (Å²) in [5, 5.41) is 5.32. The minimum Gasteiger partial charge on any atom is -0.372 e. The van der Waals surface area contributed by atoms with Gasteiger partial charge in [0.1, 0.15) is 5.92 Å². The van der Waals surface area contributed by atoms with Crippen LogP contribution in [0.25, 0.3) is 0 Å². The molecular weight excluding hydrogens is 354 g/mol. The van der Waals surface area contributed by atoms with Crippen molar-refractivity contribution in [2.45, 2.75) is 32.1 Å². The second-order valence-electron chi connectivity index (χ2n) is 6.87. The van der Waals surface area contributed by atoms with Crippen molar-refractivity contribution in [3.8, 4) is 0 Å². The van der Waals surface area contributed by atoms with Gasteiger partial charge in [-0.3, -0.25) is 9.59 Å². The van der Waals surface area contributed by atoms with Crippen molar-refractivity contribution in [3.63, 3.8) is 0 Å². The normalized spacial score (nSPS) is 19.3. The van der Waals surface area contributed by atoms with Crippen LogP contribution in [-0.2, 0) is 29.3 Å². The number of carbonyl (C=O) groups excluding carboxylic acids is 2.